The van der Waals surface area contributed by atoms with E-state index in [1.54, 1.807) is 4.90 Å². The van der Waals surface area contributed by atoms with Crippen LogP contribution in [0.3, 0.4) is 0 Å². The third-order valence-electron chi connectivity index (χ3n) is 2.56. The van der Waals surface area contributed by atoms with Gasteiger partial charge in [0.1, 0.15) is 6.04 Å². The van der Waals surface area contributed by atoms with Gasteiger partial charge in [-0.25, -0.2) is 0 Å². The van der Waals surface area contributed by atoms with Crippen molar-refractivity contribution in [3.8, 4) is 0 Å². The highest BCUT2D eigenvalue weighted by Gasteiger charge is 2.18. The molecule has 92 valence electrons. The first kappa shape index (κ1) is 12.9. The van der Waals surface area contributed by atoms with Gasteiger partial charge in [-0.15, -0.1) is 0 Å². The van der Waals surface area contributed by atoms with Gasteiger partial charge in [0.2, 0.25) is 5.91 Å². The number of hydrogen-bond donors (Lipinski definition) is 2. The molecule has 1 aliphatic rings. The minimum absolute atomic E-state index is 0.0396. The first-order chi connectivity index (χ1) is 7.61. The second-order valence-corrected chi connectivity index (χ2v) is 3.83. The molecule has 0 aromatic rings. The number of nitrogens with two attached hydrogens (primary N) is 1. The molecule has 1 heterocycles. The summed E-state index contributed by atoms with van der Waals surface area (Å²) in [5.74, 6) is -1.10. The van der Waals surface area contributed by atoms with Gasteiger partial charge < -0.3 is 20.5 Å². The molecule has 1 atom stereocenters. The zero-order chi connectivity index (χ0) is 12.0. The lowest BCUT2D eigenvalue weighted by Crippen LogP contribution is -2.36. The van der Waals surface area contributed by atoms with Crippen molar-refractivity contribution in [3.05, 3.63) is 0 Å². The molecular weight excluding hydrogens is 212 g/mol. The Morgan fingerprint density at radius 1 is 1.38 bits per heavy atom. The minimum atomic E-state index is -1.06. The molecule has 1 amide bonds. The average Bonchev–Trinajstić information content (AvgIpc) is 2.53. The van der Waals surface area contributed by atoms with Crippen LogP contribution in [0.5, 0.6) is 0 Å². The van der Waals surface area contributed by atoms with E-state index in [4.69, 9.17) is 15.6 Å². The number of rotatable bonds is 4. The summed E-state index contributed by atoms with van der Waals surface area (Å²) < 4.78 is 5.23. The fourth-order valence-corrected chi connectivity index (χ4v) is 1.56. The summed E-state index contributed by atoms with van der Waals surface area (Å²) in [6.45, 7) is 2.50. The second kappa shape index (κ2) is 6.44. The van der Waals surface area contributed by atoms with Crippen LogP contribution in [-0.2, 0) is 14.3 Å². The van der Waals surface area contributed by atoms with E-state index in [1.165, 1.54) is 0 Å². The molecular formula is C10H18N2O4. The average molecular weight is 230 g/mol. The van der Waals surface area contributed by atoms with Gasteiger partial charge in [-0.1, -0.05) is 0 Å². The van der Waals surface area contributed by atoms with E-state index in [-0.39, 0.29) is 18.7 Å². The Labute approximate surface area is 94.3 Å². The highest BCUT2D eigenvalue weighted by Crippen LogP contribution is 2.04. The molecule has 1 rings (SSSR count). The monoisotopic (exact) mass is 230 g/mol. The SMILES string of the molecule is N[C@@H](CCC(=O)N1CCCOCC1)C(=O)O. The van der Waals surface area contributed by atoms with Gasteiger partial charge in [0.25, 0.3) is 0 Å². The molecule has 1 aliphatic heterocycles. The quantitative estimate of drug-likeness (QED) is 0.674. The van der Waals surface area contributed by atoms with E-state index in [0.29, 0.717) is 26.3 Å². The Hall–Kier alpha value is -1.14. The molecule has 0 aliphatic carbocycles. The molecule has 3 N–H and O–H groups in total. The van der Waals surface area contributed by atoms with E-state index in [0.717, 1.165) is 6.42 Å². The Kier molecular flexibility index (Phi) is 5.21. The van der Waals surface area contributed by atoms with Crippen molar-refractivity contribution in [3.63, 3.8) is 0 Å². The molecule has 0 saturated carbocycles. The van der Waals surface area contributed by atoms with Gasteiger partial charge in [-0.2, -0.15) is 0 Å². The molecule has 0 spiro atoms. The van der Waals surface area contributed by atoms with Crippen LogP contribution in [-0.4, -0.2) is 54.2 Å². The molecule has 0 aromatic heterocycles. The van der Waals surface area contributed by atoms with Crippen LogP contribution < -0.4 is 5.73 Å². The summed E-state index contributed by atoms with van der Waals surface area (Å²) >= 11 is 0. The fourth-order valence-electron chi connectivity index (χ4n) is 1.56. The maximum absolute atomic E-state index is 11.7. The molecule has 0 unspecified atom stereocenters. The van der Waals surface area contributed by atoms with Crippen molar-refractivity contribution in [1.82, 2.24) is 4.90 Å². The first-order valence-corrected chi connectivity index (χ1v) is 5.45. The first-order valence-electron chi connectivity index (χ1n) is 5.45. The van der Waals surface area contributed by atoms with Crippen LogP contribution in [0.15, 0.2) is 0 Å². The molecule has 6 nitrogen and oxygen atoms in total. The highest BCUT2D eigenvalue weighted by molar-refractivity contribution is 5.78. The van der Waals surface area contributed by atoms with Crippen molar-refractivity contribution in [1.29, 1.82) is 0 Å². The maximum atomic E-state index is 11.7. The third-order valence-corrected chi connectivity index (χ3v) is 2.56. The third kappa shape index (κ3) is 4.16. The smallest absolute Gasteiger partial charge is 0.320 e. The van der Waals surface area contributed by atoms with Crippen LogP contribution in [0.25, 0.3) is 0 Å². The lowest BCUT2D eigenvalue weighted by molar-refractivity contribution is -0.139. The Bertz CT molecular complexity index is 249. The van der Waals surface area contributed by atoms with E-state index < -0.39 is 12.0 Å². The molecule has 16 heavy (non-hydrogen) atoms. The van der Waals surface area contributed by atoms with E-state index in [1.807, 2.05) is 0 Å². The number of carboxylic acids is 1. The van der Waals surface area contributed by atoms with Crippen LogP contribution in [0, 0.1) is 0 Å². The number of carboxylic acid groups (broad SMARTS) is 1. The lowest BCUT2D eigenvalue weighted by Gasteiger charge is -2.19. The molecule has 6 heteroatoms. The number of nitrogens with zero attached hydrogens (tertiary/aromatic N) is 1. The van der Waals surface area contributed by atoms with Gasteiger partial charge in [-0.3, -0.25) is 9.59 Å². The predicted molar refractivity (Wildman–Crippen MR) is 56.9 cm³/mol. The van der Waals surface area contributed by atoms with Crippen molar-refractivity contribution in [2.45, 2.75) is 25.3 Å². The Morgan fingerprint density at radius 3 is 2.81 bits per heavy atom. The fraction of sp³-hybridized carbons (Fsp3) is 0.800. The number of carbonyl (C=O) groups is 2. The maximum Gasteiger partial charge on any atom is 0.320 e. The summed E-state index contributed by atoms with van der Waals surface area (Å²) in [5.41, 5.74) is 5.33. The highest BCUT2D eigenvalue weighted by atomic mass is 16.5. The van der Waals surface area contributed by atoms with Crippen molar-refractivity contribution in [2.24, 2.45) is 5.73 Å². The van der Waals surface area contributed by atoms with E-state index >= 15 is 0 Å². The summed E-state index contributed by atoms with van der Waals surface area (Å²) in [5, 5.41) is 8.58. The van der Waals surface area contributed by atoms with Gasteiger partial charge in [-0.05, 0) is 12.8 Å². The molecule has 1 saturated heterocycles. The summed E-state index contributed by atoms with van der Waals surface area (Å²) in [6.07, 6.45) is 1.20. The van der Waals surface area contributed by atoms with Gasteiger partial charge >= 0.3 is 5.97 Å². The Morgan fingerprint density at radius 2 is 2.12 bits per heavy atom. The largest absolute Gasteiger partial charge is 0.480 e. The van der Waals surface area contributed by atoms with Gasteiger partial charge in [0.05, 0.1) is 6.61 Å². The van der Waals surface area contributed by atoms with Crippen molar-refractivity contribution in [2.75, 3.05) is 26.3 Å². The van der Waals surface area contributed by atoms with Crippen LogP contribution in [0.2, 0.25) is 0 Å². The molecule has 0 radical (unpaired) electrons. The number of amides is 1. The normalized spacial score (nSPS) is 18.9. The molecule has 0 aromatic carbocycles. The van der Waals surface area contributed by atoms with Crippen molar-refractivity contribution >= 4 is 11.9 Å². The second-order valence-electron chi connectivity index (χ2n) is 3.83. The van der Waals surface area contributed by atoms with Crippen LogP contribution >= 0.6 is 0 Å². The van der Waals surface area contributed by atoms with Crippen molar-refractivity contribution < 1.29 is 19.4 Å². The molecule has 0 bridgehead atoms. The Balaban J connectivity index is 2.30. The zero-order valence-corrected chi connectivity index (χ0v) is 9.22. The number of ether oxygens (including phenoxy) is 1. The minimum Gasteiger partial charge on any atom is -0.480 e. The molecule has 1 fully saturated rings. The number of aliphatic carboxylic acids is 1. The van der Waals surface area contributed by atoms with Gasteiger partial charge in [0.15, 0.2) is 0 Å². The van der Waals surface area contributed by atoms with E-state index in [9.17, 15) is 9.59 Å². The van der Waals surface area contributed by atoms with Crippen LogP contribution in [0.1, 0.15) is 19.3 Å². The summed E-state index contributed by atoms with van der Waals surface area (Å²) in [4.78, 5) is 23.9. The van der Waals surface area contributed by atoms with Gasteiger partial charge in [0, 0.05) is 26.1 Å². The number of carbonyl (C=O) groups excluding carboxylic acids is 1. The van der Waals surface area contributed by atoms with Crippen LogP contribution in [0.4, 0.5) is 0 Å². The topological polar surface area (TPSA) is 92.9 Å². The summed E-state index contributed by atoms with van der Waals surface area (Å²) in [6, 6.07) is -0.952. The zero-order valence-electron chi connectivity index (χ0n) is 9.22. The standard InChI is InChI=1S/C10H18N2O4/c11-8(10(14)15)2-3-9(13)12-4-1-6-16-7-5-12/h8H,1-7,11H2,(H,14,15)/t8-/m0/s1. The lowest BCUT2D eigenvalue weighted by atomic mass is 10.1. The number of hydrogen-bond acceptors (Lipinski definition) is 4. The van der Waals surface area contributed by atoms with E-state index in [2.05, 4.69) is 0 Å². The summed E-state index contributed by atoms with van der Waals surface area (Å²) in [7, 11) is 0. The predicted octanol–water partition coefficient (Wildman–Crippen LogP) is -0.573.